The van der Waals surface area contributed by atoms with Gasteiger partial charge in [0.05, 0.1) is 25.0 Å². The van der Waals surface area contributed by atoms with Crippen molar-refractivity contribution in [1.82, 2.24) is 0 Å². The molecular formula is C6H9NO2. The molecule has 0 saturated carbocycles. The van der Waals surface area contributed by atoms with Crippen LogP contribution in [0.25, 0.3) is 0 Å². The maximum absolute atomic E-state index is 4.93. The lowest BCUT2D eigenvalue weighted by Gasteiger charge is -1.94. The second-order valence-corrected chi connectivity index (χ2v) is 1.76. The second kappa shape index (κ2) is 3.12. The van der Waals surface area contributed by atoms with Crippen LogP contribution in [0.3, 0.4) is 0 Å². The molecule has 0 amide bonds. The Morgan fingerprint density at radius 3 is 3.33 bits per heavy atom. The molecule has 0 spiro atoms. The third kappa shape index (κ3) is 1.76. The molecule has 1 unspecified atom stereocenters. The highest BCUT2D eigenvalue weighted by Gasteiger charge is 2.05. The van der Waals surface area contributed by atoms with Crippen LogP contribution in [0.5, 0.6) is 0 Å². The highest BCUT2D eigenvalue weighted by molar-refractivity contribution is 5.63. The van der Waals surface area contributed by atoms with Crippen molar-refractivity contribution in [2.45, 2.75) is 0 Å². The first kappa shape index (κ1) is 6.13. The maximum atomic E-state index is 4.93. The predicted molar refractivity (Wildman–Crippen MR) is 34.1 cm³/mol. The minimum atomic E-state index is 0.296. The lowest BCUT2D eigenvalue weighted by atomic mass is 10.2. The SMILES string of the molecule is CO/N=C/C1C=COC1. The predicted octanol–water partition coefficient (Wildman–Crippen LogP) is 0.779. The minimum absolute atomic E-state index is 0.296. The summed E-state index contributed by atoms with van der Waals surface area (Å²) in [6.07, 6.45) is 5.32. The first-order valence-corrected chi connectivity index (χ1v) is 2.78. The molecule has 0 saturated heterocycles. The molecule has 1 aliphatic heterocycles. The van der Waals surface area contributed by atoms with E-state index in [1.807, 2.05) is 6.08 Å². The normalized spacial score (nSPS) is 24.8. The van der Waals surface area contributed by atoms with Crippen molar-refractivity contribution >= 4 is 6.21 Å². The lowest BCUT2D eigenvalue weighted by Crippen LogP contribution is -1.99. The van der Waals surface area contributed by atoms with Gasteiger partial charge < -0.3 is 9.57 Å². The molecule has 1 atom stereocenters. The van der Waals surface area contributed by atoms with E-state index in [-0.39, 0.29) is 0 Å². The standard InChI is InChI=1S/C6H9NO2/c1-8-7-4-6-2-3-9-5-6/h2-4,6H,5H2,1H3/b7-4+. The molecule has 50 valence electrons. The Labute approximate surface area is 53.9 Å². The van der Waals surface area contributed by atoms with E-state index in [2.05, 4.69) is 9.99 Å². The molecule has 9 heavy (non-hydrogen) atoms. The van der Waals surface area contributed by atoms with E-state index in [1.54, 1.807) is 12.5 Å². The van der Waals surface area contributed by atoms with Gasteiger partial charge in [-0.2, -0.15) is 0 Å². The average Bonchev–Trinajstić information content (AvgIpc) is 2.34. The summed E-state index contributed by atoms with van der Waals surface area (Å²) in [6, 6.07) is 0. The molecule has 0 N–H and O–H groups in total. The van der Waals surface area contributed by atoms with Gasteiger partial charge >= 0.3 is 0 Å². The maximum Gasteiger partial charge on any atom is 0.106 e. The van der Waals surface area contributed by atoms with E-state index in [9.17, 15) is 0 Å². The van der Waals surface area contributed by atoms with Crippen LogP contribution >= 0.6 is 0 Å². The highest BCUT2D eigenvalue weighted by atomic mass is 16.6. The largest absolute Gasteiger partial charge is 0.500 e. The van der Waals surface area contributed by atoms with Crippen LogP contribution in [0.15, 0.2) is 17.5 Å². The van der Waals surface area contributed by atoms with E-state index in [1.165, 1.54) is 7.11 Å². The highest BCUT2D eigenvalue weighted by Crippen LogP contribution is 2.04. The summed E-state index contributed by atoms with van der Waals surface area (Å²) < 4.78 is 4.93. The zero-order valence-corrected chi connectivity index (χ0v) is 5.28. The van der Waals surface area contributed by atoms with Gasteiger partial charge in [0.25, 0.3) is 0 Å². The molecule has 0 aliphatic carbocycles. The number of ether oxygens (including phenoxy) is 1. The molecule has 0 radical (unpaired) electrons. The van der Waals surface area contributed by atoms with Gasteiger partial charge in [-0.3, -0.25) is 0 Å². The van der Waals surface area contributed by atoms with E-state index >= 15 is 0 Å². The molecule has 3 heteroatoms. The van der Waals surface area contributed by atoms with Crippen molar-refractivity contribution in [3.05, 3.63) is 12.3 Å². The summed E-state index contributed by atoms with van der Waals surface area (Å²) in [7, 11) is 1.52. The van der Waals surface area contributed by atoms with Gasteiger partial charge in [-0.25, -0.2) is 0 Å². The molecule has 0 fully saturated rings. The third-order valence-corrected chi connectivity index (χ3v) is 1.07. The summed E-state index contributed by atoms with van der Waals surface area (Å²) in [5, 5.41) is 3.60. The molecular weight excluding hydrogens is 118 g/mol. The summed E-state index contributed by atoms with van der Waals surface area (Å²) in [4.78, 5) is 4.48. The summed E-state index contributed by atoms with van der Waals surface area (Å²) in [6.45, 7) is 0.687. The summed E-state index contributed by atoms with van der Waals surface area (Å²) in [5.74, 6) is 0.296. The van der Waals surface area contributed by atoms with Crippen molar-refractivity contribution in [2.75, 3.05) is 13.7 Å². The monoisotopic (exact) mass is 127 g/mol. The van der Waals surface area contributed by atoms with Crippen LogP contribution in [-0.4, -0.2) is 19.9 Å². The zero-order chi connectivity index (χ0) is 6.53. The smallest absolute Gasteiger partial charge is 0.106 e. The quantitative estimate of drug-likeness (QED) is 0.405. The van der Waals surface area contributed by atoms with Gasteiger partial charge in [0.2, 0.25) is 0 Å². The van der Waals surface area contributed by atoms with Crippen LogP contribution in [0.2, 0.25) is 0 Å². The van der Waals surface area contributed by atoms with Crippen LogP contribution in [-0.2, 0) is 9.57 Å². The molecule has 0 bridgehead atoms. The molecule has 1 rings (SSSR count). The van der Waals surface area contributed by atoms with Gasteiger partial charge in [-0.1, -0.05) is 5.16 Å². The molecule has 1 heterocycles. The fourth-order valence-corrected chi connectivity index (χ4v) is 0.610. The molecule has 1 aliphatic rings. The van der Waals surface area contributed by atoms with E-state index in [4.69, 9.17) is 4.74 Å². The summed E-state index contributed by atoms with van der Waals surface area (Å²) in [5.41, 5.74) is 0. The average molecular weight is 127 g/mol. The molecule has 0 aromatic heterocycles. The first-order valence-electron chi connectivity index (χ1n) is 2.78. The van der Waals surface area contributed by atoms with Gasteiger partial charge in [0, 0.05) is 0 Å². The fraction of sp³-hybridized carbons (Fsp3) is 0.500. The van der Waals surface area contributed by atoms with Gasteiger partial charge in [-0.05, 0) is 6.08 Å². The second-order valence-electron chi connectivity index (χ2n) is 1.76. The van der Waals surface area contributed by atoms with E-state index in [0.29, 0.717) is 12.5 Å². The number of oxime groups is 1. The van der Waals surface area contributed by atoms with Crippen molar-refractivity contribution in [2.24, 2.45) is 11.1 Å². The number of hydrogen-bond acceptors (Lipinski definition) is 3. The Morgan fingerprint density at radius 2 is 2.78 bits per heavy atom. The Bertz CT molecular complexity index is 131. The van der Waals surface area contributed by atoms with Crippen LogP contribution in [0.4, 0.5) is 0 Å². The third-order valence-electron chi connectivity index (χ3n) is 1.07. The van der Waals surface area contributed by atoms with E-state index in [0.717, 1.165) is 0 Å². The number of hydrogen-bond donors (Lipinski definition) is 0. The van der Waals surface area contributed by atoms with Crippen molar-refractivity contribution in [3.63, 3.8) is 0 Å². The first-order chi connectivity index (χ1) is 4.43. The van der Waals surface area contributed by atoms with Gasteiger partial charge in [0.15, 0.2) is 0 Å². The van der Waals surface area contributed by atoms with Crippen LogP contribution in [0, 0.1) is 5.92 Å². The van der Waals surface area contributed by atoms with Gasteiger partial charge in [-0.15, -0.1) is 0 Å². The molecule has 0 aromatic rings. The Morgan fingerprint density at radius 1 is 1.89 bits per heavy atom. The number of nitrogens with zero attached hydrogens (tertiary/aromatic N) is 1. The van der Waals surface area contributed by atoms with Crippen LogP contribution in [0.1, 0.15) is 0 Å². The Hall–Kier alpha value is -0.990. The van der Waals surface area contributed by atoms with E-state index < -0.39 is 0 Å². The lowest BCUT2D eigenvalue weighted by molar-refractivity contribution is 0.211. The van der Waals surface area contributed by atoms with Crippen molar-refractivity contribution in [1.29, 1.82) is 0 Å². The number of rotatable bonds is 2. The minimum Gasteiger partial charge on any atom is -0.500 e. The summed E-state index contributed by atoms with van der Waals surface area (Å²) >= 11 is 0. The molecule has 0 aromatic carbocycles. The zero-order valence-electron chi connectivity index (χ0n) is 5.28. The Kier molecular flexibility index (Phi) is 2.13. The fourth-order valence-electron chi connectivity index (χ4n) is 0.610. The van der Waals surface area contributed by atoms with Crippen molar-refractivity contribution < 1.29 is 9.57 Å². The topological polar surface area (TPSA) is 30.8 Å². The van der Waals surface area contributed by atoms with Crippen molar-refractivity contribution in [3.8, 4) is 0 Å². The molecule has 3 nitrogen and oxygen atoms in total. The van der Waals surface area contributed by atoms with Crippen LogP contribution < -0.4 is 0 Å². The Balaban J connectivity index is 2.27. The van der Waals surface area contributed by atoms with Gasteiger partial charge in [0.1, 0.15) is 7.11 Å².